The van der Waals surface area contributed by atoms with E-state index < -0.39 is 0 Å². The number of nitrogens with two attached hydrogens (primary N) is 1. The Morgan fingerprint density at radius 3 is 2.38 bits per heavy atom. The third-order valence-electron chi connectivity index (χ3n) is 4.37. The Hall–Kier alpha value is -0.850. The summed E-state index contributed by atoms with van der Waals surface area (Å²) >= 11 is 0. The Kier molecular flexibility index (Phi) is 11.2. The van der Waals surface area contributed by atoms with E-state index >= 15 is 0 Å². The van der Waals surface area contributed by atoms with E-state index in [0.717, 1.165) is 31.9 Å². The van der Waals surface area contributed by atoms with Crippen LogP contribution in [0.2, 0.25) is 0 Å². The maximum atomic E-state index is 12.2. The predicted molar refractivity (Wildman–Crippen MR) is 102 cm³/mol. The molecule has 1 heterocycles. The number of hydrogen-bond acceptors (Lipinski definition) is 4. The van der Waals surface area contributed by atoms with Crippen LogP contribution in [0.3, 0.4) is 0 Å². The van der Waals surface area contributed by atoms with Crippen molar-refractivity contribution in [1.82, 2.24) is 10.2 Å². The average Bonchev–Trinajstić information content (AvgIpc) is 2.55. The van der Waals surface area contributed by atoms with Crippen molar-refractivity contribution in [3.63, 3.8) is 0 Å². The molecule has 0 saturated carbocycles. The minimum atomic E-state index is -0.257. The lowest BCUT2D eigenvalue weighted by Crippen LogP contribution is -2.52. The molecule has 24 heavy (non-hydrogen) atoms. The molecule has 0 spiro atoms. The van der Waals surface area contributed by atoms with Crippen molar-refractivity contribution in [1.29, 1.82) is 0 Å². The van der Waals surface area contributed by atoms with E-state index in [4.69, 9.17) is 10.5 Å². The molecule has 0 aliphatic carbocycles. The van der Waals surface area contributed by atoms with E-state index in [0.29, 0.717) is 12.5 Å². The van der Waals surface area contributed by atoms with Crippen LogP contribution in [0.25, 0.3) is 0 Å². The molecule has 1 aromatic carbocycles. The first-order chi connectivity index (χ1) is 10.6. The summed E-state index contributed by atoms with van der Waals surface area (Å²) in [6, 6.07) is 9.87. The van der Waals surface area contributed by atoms with E-state index in [1.165, 1.54) is 0 Å². The zero-order chi connectivity index (χ0) is 15.9. The molecule has 2 rings (SSSR count). The van der Waals surface area contributed by atoms with Gasteiger partial charge in [0.1, 0.15) is 0 Å². The second kappa shape index (κ2) is 11.7. The number of nitrogens with zero attached hydrogens (tertiary/aromatic N) is 1. The van der Waals surface area contributed by atoms with Gasteiger partial charge in [-0.25, -0.2) is 0 Å². The monoisotopic (exact) mass is 377 g/mol. The lowest BCUT2D eigenvalue weighted by Gasteiger charge is -2.36. The maximum absolute atomic E-state index is 12.2. The smallest absolute Gasteiger partial charge is 0.222 e. The average molecular weight is 378 g/mol. The fourth-order valence-electron chi connectivity index (χ4n) is 2.75. The van der Waals surface area contributed by atoms with Gasteiger partial charge in [0.05, 0.1) is 13.2 Å². The van der Waals surface area contributed by atoms with E-state index in [-0.39, 0.29) is 42.8 Å². The molecule has 1 aliphatic heterocycles. The molecule has 3 unspecified atom stereocenters. The number of amides is 1. The highest BCUT2D eigenvalue weighted by Gasteiger charge is 2.23. The van der Waals surface area contributed by atoms with E-state index in [1.54, 1.807) is 0 Å². The number of morpholine rings is 1. The molecule has 1 saturated heterocycles. The Morgan fingerprint density at radius 2 is 1.79 bits per heavy atom. The molecule has 0 radical (unpaired) electrons. The van der Waals surface area contributed by atoms with Crippen LogP contribution in [0.5, 0.6) is 0 Å². The van der Waals surface area contributed by atoms with Gasteiger partial charge >= 0.3 is 0 Å². The summed E-state index contributed by atoms with van der Waals surface area (Å²) in [6.45, 7) is 7.57. The van der Waals surface area contributed by atoms with Gasteiger partial charge in [0.25, 0.3) is 0 Å². The Bertz CT molecular complexity index is 470. The van der Waals surface area contributed by atoms with Gasteiger partial charge < -0.3 is 15.8 Å². The molecular formula is C17H29Cl2N3O2. The van der Waals surface area contributed by atoms with Crippen molar-refractivity contribution in [2.24, 2.45) is 5.73 Å². The van der Waals surface area contributed by atoms with Crippen molar-refractivity contribution in [3.05, 3.63) is 35.9 Å². The fourth-order valence-corrected chi connectivity index (χ4v) is 2.75. The number of ether oxygens (including phenoxy) is 1. The summed E-state index contributed by atoms with van der Waals surface area (Å²) < 4.78 is 5.37. The van der Waals surface area contributed by atoms with Crippen LogP contribution in [0.15, 0.2) is 30.3 Å². The minimum absolute atomic E-state index is 0. The number of nitrogens with one attached hydrogen (secondary N) is 1. The van der Waals surface area contributed by atoms with Gasteiger partial charge in [-0.1, -0.05) is 30.3 Å². The quantitative estimate of drug-likeness (QED) is 0.796. The molecule has 1 aromatic rings. The van der Waals surface area contributed by atoms with Crippen LogP contribution in [0, 0.1) is 0 Å². The third-order valence-corrected chi connectivity index (χ3v) is 4.37. The molecule has 3 atom stereocenters. The van der Waals surface area contributed by atoms with Crippen molar-refractivity contribution in [2.75, 3.05) is 26.3 Å². The minimum Gasteiger partial charge on any atom is -0.379 e. The number of carbonyl (C=O) groups is 1. The van der Waals surface area contributed by atoms with Crippen molar-refractivity contribution >= 4 is 30.7 Å². The first kappa shape index (κ1) is 23.1. The van der Waals surface area contributed by atoms with E-state index in [2.05, 4.69) is 17.1 Å². The Labute approximate surface area is 157 Å². The predicted octanol–water partition coefficient (Wildman–Crippen LogP) is 2.15. The summed E-state index contributed by atoms with van der Waals surface area (Å²) in [7, 11) is 0. The second-order valence-electron chi connectivity index (χ2n) is 5.97. The highest BCUT2D eigenvalue weighted by Crippen LogP contribution is 2.14. The van der Waals surface area contributed by atoms with Crippen molar-refractivity contribution in [3.8, 4) is 0 Å². The van der Waals surface area contributed by atoms with Crippen molar-refractivity contribution in [2.45, 2.75) is 38.4 Å². The van der Waals surface area contributed by atoms with Gasteiger partial charge in [0, 0.05) is 37.6 Å². The SMILES string of the molecule is CC(NC(=O)CC(N)c1ccccc1)C(C)N1CCOCC1.Cl.Cl. The normalized spacial score (nSPS) is 18.5. The van der Waals surface area contributed by atoms with Gasteiger partial charge in [-0.2, -0.15) is 0 Å². The number of rotatable bonds is 6. The second-order valence-corrected chi connectivity index (χ2v) is 5.97. The highest BCUT2D eigenvalue weighted by atomic mass is 35.5. The molecule has 138 valence electrons. The van der Waals surface area contributed by atoms with E-state index in [1.807, 2.05) is 37.3 Å². The zero-order valence-electron chi connectivity index (χ0n) is 14.3. The topological polar surface area (TPSA) is 67.6 Å². The van der Waals surface area contributed by atoms with Crippen LogP contribution < -0.4 is 11.1 Å². The summed E-state index contributed by atoms with van der Waals surface area (Å²) in [5.74, 6) is 0.00367. The first-order valence-electron chi connectivity index (χ1n) is 7.99. The number of carbonyl (C=O) groups excluding carboxylic acids is 1. The molecule has 7 heteroatoms. The van der Waals surface area contributed by atoms with Crippen LogP contribution >= 0.6 is 24.8 Å². The standard InChI is InChI=1S/C17H27N3O2.2ClH/c1-13(14(2)20-8-10-22-11-9-20)19-17(21)12-16(18)15-6-4-3-5-7-15;;/h3-7,13-14,16H,8-12,18H2,1-2H3,(H,19,21);2*1H. The van der Waals surface area contributed by atoms with Gasteiger partial charge in [-0.3, -0.25) is 9.69 Å². The van der Waals surface area contributed by atoms with E-state index in [9.17, 15) is 4.79 Å². The lowest BCUT2D eigenvalue weighted by atomic mass is 10.0. The molecule has 0 bridgehead atoms. The first-order valence-corrected chi connectivity index (χ1v) is 7.99. The summed E-state index contributed by atoms with van der Waals surface area (Å²) in [4.78, 5) is 14.5. The molecule has 5 nitrogen and oxygen atoms in total. The Balaban J connectivity index is 0.00000264. The van der Waals surface area contributed by atoms with Gasteiger partial charge in [-0.15, -0.1) is 24.8 Å². The van der Waals surface area contributed by atoms with Crippen LogP contribution in [0.1, 0.15) is 31.9 Å². The molecular weight excluding hydrogens is 349 g/mol. The summed E-state index contributed by atoms with van der Waals surface area (Å²) in [5, 5.41) is 3.08. The highest BCUT2D eigenvalue weighted by molar-refractivity contribution is 5.85. The number of halogens is 2. The molecule has 1 amide bonds. The number of benzene rings is 1. The van der Waals surface area contributed by atoms with Gasteiger partial charge in [0.2, 0.25) is 5.91 Å². The molecule has 0 aromatic heterocycles. The lowest BCUT2D eigenvalue weighted by molar-refractivity contribution is -0.122. The number of hydrogen-bond donors (Lipinski definition) is 2. The fraction of sp³-hybridized carbons (Fsp3) is 0.588. The van der Waals surface area contributed by atoms with Crippen LogP contribution in [0.4, 0.5) is 0 Å². The van der Waals surface area contributed by atoms with Gasteiger partial charge in [-0.05, 0) is 19.4 Å². The third kappa shape index (κ3) is 6.95. The van der Waals surface area contributed by atoms with Crippen LogP contribution in [-0.4, -0.2) is 49.2 Å². The zero-order valence-corrected chi connectivity index (χ0v) is 15.9. The molecule has 1 aliphatic rings. The van der Waals surface area contributed by atoms with Crippen molar-refractivity contribution < 1.29 is 9.53 Å². The van der Waals surface area contributed by atoms with Crippen LogP contribution in [-0.2, 0) is 9.53 Å². The molecule has 3 N–H and O–H groups in total. The largest absolute Gasteiger partial charge is 0.379 e. The Morgan fingerprint density at radius 1 is 1.21 bits per heavy atom. The van der Waals surface area contributed by atoms with Gasteiger partial charge in [0.15, 0.2) is 0 Å². The maximum Gasteiger partial charge on any atom is 0.222 e. The summed E-state index contributed by atoms with van der Waals surface area (Å²) in [6.07, 6.45) is 0.310. The molecule has 1 fully saturated rings. The summed E-state index contributed by atoms with van der Waals surface area (Å²) in [5.41, 5.74) is 7.09.